The number of ether oxygens (including phenoxy) is 1. The van der Waals surface area contributed by atoms with Crippen LogP contribution in [0.2, 0.25) is 0 Å². The lowest BCUT2D eigenvalue weighted by atomic mass is 9.88. The molecule has 0 saturated carbocycles. The Balaban J connectivity index is 3.15. The molecule has 1 heterocycles. The molecule has 0 spiro atoms. The summed E-state index contributed by atoms with van der Waals surface area (Å²) in [6, 6.07) is 0. The van der Waals surface area contributed by atoms with Gasteiger partial charge in [-0.15, -0.1) is 0 Å². The van der Waals surface area contributed by atoms with Crippen molar-refractivity contribution in [2.75, 3.05) is 6.61 Å². The normalized spacial score (nSPS) is 20.1. The first-order valence-electron chi connectivity index (χ1n) is 6.98. The molecule has 0 atom stereocenters. The number of halogens is 3. The summed E-state index contributed by atoms with van der Waals surface area (Å²) in [6.45, 7) is 12.8. The van der Waals surface area contributed by atoms with E-state index in [0.29, 0.717) is 0 Å². The molecule has 0 saturated heterocycles. The highest BCUT2D eigenvalue weighted by Gasteiger charge is 2.37. The minimum absolute atomic E-state index is 0.127. The number of allylic oxidation sites excluding steroid dienone is 2. The average molecular weight is 322 g/mol. The topological polar surface area (TPSA) is 9.23 Å². The van der Waals surface area contributed by atoms with Gasteiger partial charge >= 0.3 is 6.18 Å². The molecule has 0 radical (unpaired) electrons. The molecular formula is C16H25F3OS. The van der Waals surface area contributed by atoms with Crippen LogP contribution in [-0.2, 0) is 4.74 Å². The molecule has 0 unspecified atom stereocenters. The van der Waals surface area contributed by atoms with Gasteiger partial charge in [-0.3, -0.25) is 0 Å². The van der Waals surface area contributed by atoms with Crippen LogP contribution in [0.3, 0.4) is 0 Å². The van der Waals surface area contributed by atoms with Gasteiger partial charge in [-0.2, -0.15) is 13.2 Å². The van der Waals surface area contributed by atoms with Crippen LogP contribution in [0.1, 0.15) is 48.5 Å². The third kappa shape index (κ3) is 5.70. The molecule has 122 valence electrons. The van der Waals surface area contributed by atoms with E-state index in [9.17, 15) is 13.2 Å². The standard InChI is InChI=1S/C16H25F3OS/c1-13(2,3)11-8-15(7,20-10-16(17,18)19)9-12(21-11)14(4,5)6/h8-9H,10H2,1-7H3. The zero-order valence-electron chi connectivity index (χ0n) is 13.8. The Morgan fingerprint density at radius 1 is 0.952 bits per heavy atom. The maximum Gasteiger partial charge on any atom is 0.411 e. The smallest absolute Gasteiger partial charge is 0.358 e. The fourth-order valence-corrected chi connectivity index (χ4v) is 3.23. The Morgan fingerprint density at radius 2 is 1.33 bits per heavy atom. The summed E-state index contributed by atoms with van der Waals surface area (Å²) in [7, 11) is 0. The predicted molar refractivity (Wildman–Crippen MR) is 83.1 cm³/mol. The van der Waals surface area contributed by atoms with E-state index in [1.165, 1.54) is 0 Å². The third-order valence-corrected chi connectivity index (χ3v) is 4.98. The molecule has 0 N–H and O–H groups in total. The van der Waals surface area contributed by atoms with Crippen molar-refractivity contribution in [1.82, 2.24) is 0 Å². The van der Waals surface area contributed by atoms with E-state index in [1.54, 1.807) is 18.7 Å². The molecule has 1 aliphatic heterocycles. The molecule has 1 nitrogen and oxygen atoms in total. The van der Waals surface area contributed by atoms with Crippen molar-refractivity contribution in [3.63, 3.8) is 0 Å². The summed E-state index contributed by atoms with van der Waals surface area (Å²) >= 11 is 1.64. The molecule has 0 aromatic heterocycles. The minimum atomic E-state index is -4.32. The number of thioether (sulfide) groups is 1. The maximum absolute atomic E-state index is 12.5. The third-order valence-electron chi connectivity index (χ3n) is 3.08. The minimum Gasteiger partial charge on any atom is -0.358 e. The van der Waals surface area contributed by atoms with Crippen molar-refractivity contribution in [2.24, 2.45) is 10.8 Å². The molecule has 0 bridgehead atoms. The lowest BCUT2D eigenvalue weighted by molar-refractivity contribution is -0.188. The molecule has 0 aromatic rings. The molecule has 0 amide bonds. The first-order valence-corrected chi connectivity index (χ1v) is 7.79. The predicted octanol–water partition coefficient (Wildman–Crippen LogP) is 5.93. The van der Waals surface area contributed by atoms with E-state index < -0.39 is 18.4 Å². The van der Waals surface area contributed by atoms with Crippen LogP contribution in [0.5, 0.6) is 0 Å². The Bertz CT molecular complexity index is 418. The highest BCUT2D eigenvalue weighted by molar-refractivity contribution is 8.06. The summed E-state index contributed by atoms with van der Waals surface area (Å²) < 4.78 is 42.6. The number of rotatable bonds is 2. The Morgan fingerprint density at radius 3 is 1.62 bits per heavy atom. The Labute approximate surface area is 130 Å². The van der Waals surface area contributed by atoms with E-state index in [2.05, 4.69) is 41.5 Å². The number of hydrogen-bond acceptors (Lipinski definition) is 2. The summed E-state index contributed by atoms with van der Waals surface area (Å²) in [5.41, 5.74) is -1.28. The molecule has 21 heavy (non-hydrogen) atoms. The van der Waals surface area contributed by atoms with Gasteiger partial charge in [-0.25, -0.2) is 0 Å². The lowest BCUT2D eigenvalue weighted by Crippen LogP contribution is -2.34. The molecule has 5 heteroatoms. The van der Waals surface area contributed by atoms with Gasteiger partial charge in [-0.05, 0) is 39.7 Å². The van der Waals surface area contributed by atoms with Crippen molar-refractivity contribution in [2.45, 2.75) is 60.2 Å². The van der Waals surface area contributed by atoms with Crippen LogP contribution in [0.4, 0.5) is 13.2 Å². The van der Waals surface area contributed by atoms with E-state index in [-0.39, 0.29) is 10.8 Å². The molecule has 1 rings (SSSR count). The second-order valence-corrected chi connectivity index (χ2v) is 8.79. The van der Waals surface area contributed by atoms with Crippen LogP contribution in [-0.4, -0.2) is 18.4 Å². The van der Waals surface area contributed by atoms with Crippen molar-refractivity contribution in [1.29, 1.82) is 0 Å². The average Bonchev–Trinajstić information content (AvgIpc) is 2.22. The second kappa shape index (κ2) is 5.65. The Hall–Kier alpha value is -0.420. The molecule has 0 aromatic carbocycles. The van der Waals surface area contributed by atoms with Crippen LogP contribution >= 0.6 is 11.8 Å². The summed E-state index contributed by atoms with van der Waals surface area (Å²) in [4.78, 5) is 2.08. The van der Waals surface area contributed by atoms with Gasteiger partial charge in [0.2, 0.25) is 0 Å². The number of hydrogen-bond donors (Lipinski definition) is 0. The highest BCUT2D eigenvalue weighted by Crippen LogP contribution is 2.50. The Kier molecular flexibility index (Phi) is 5.01. The van der Waals surface area contributed by atoms with Gasteiger partial charge < -0.3 is 4.74 Å². The van der Waals surface area contributed by atoms with Gasteiger partial charge in [0.25, 0.3) is 0 Å². The maximum atomic E-state index is 12.5. The zero-order valence-corrected chi connectivity index (χ0v) is 14.6. The first kappa shape index (κ1) is 18.6. The largest absolute Gasteiger partial charge is 0.411 e. The van der Waals surface area contributed by atoms with Crippen molar-refractivity contribution in [3.8, 4) is 0 Å². The summed E-state index contributed by atoms with van der Waals surface area (Å²) in [6.07, 6.45) is -0.684. The quantitative estimate of drug-likeness (QED) is 0.623. The van der Waals surface area contributed by atoms with Gasteiger partial charge in [0.1, 0.15) is 12.2 Å². The fraction of sp³-hybridized carbons (Fsp3) is 0.750. The van der Waals surface area contributed by atoms with E-state index in [4.69, 9.17) is 4.74 Å². The van der Waals surface area contributed by atoms with Crippen LogP contribution in [0.25, 0.3) is 0 Å². The van der Waals surface area contributed by atoms with E-state index >= 15 is 0 Å². The molecule has 0 fully saturated rings. The van der Waals surface area contributed by atoms with Crippen LogP contribution in [0.15, 0.2) is 22.0 Å². The van der Waals surface area contributed by atoms with E-state index in [1.807, 2.05) is 12.2 Å². The summed E-state index contributed by atoms with van der Waals surface area (Å²) in [5, 5.41) is 0. The van der Waals surface area contributed by atoms with Gasteiger partial charge in [0.05, 0.1) is 0 Å². The molecule has 1 aliphatic rings. The molecule has 0 aliphatic carbocycles. The van der Waals surface area contributed by atoms with E-state index in [0.717, 1.165) is 9.81 Å². The van der Waals surface area contributed by atoms with Crippen LogP contribution in [0, 0.1) is 10.8 Å². The fourth-order valence-electron chi connectivity index (χ4n) is 1.80. The monoisotopic (exact) mass is 322 g/mol. The summed E-state index contributed by atoms with van der Waals surface area (Å²) in [5.74, 6) is 0. The van der Waals surface area contributed by atoms with Gasteiger partial charge in [0.15, 0.2) is 0 Å². The van der Waals surface area contributed by atoms with Gasteiger partial charge in [0, 0.05) is 0 Å². The van der Waals surface area contributed by atoms with Crippen molar-refractivity contribution in [3.05, 3.63) is 22.0 Å². The SMILES string of the molecule is CC1(OCC(F)(F)F)C=C(C(C)(C)C)SC(C(C)(C)C)=C1. The zero-order chi connectivity index (χ0) is 16.7. The molecular weight excluding hydrogens is 297 g/mol. The highest BCUT2D eigenvalue weighted by atomic mass is 32.2. The van der Waals surface area contributed by atoms with Crippen LogP contribution < -0.4 is 0 Å². The lowest BCUT2D eigenvalue weighted by Gasteiger charge is -2.38. The van der Waals surface area contributed by atoms with Crippen molar-refractivity contribution >= 4 is 11.8 Å². The first-order chi connectivity index (χ1) is 9.12. The van der Waals surface area contributed by atoms with Crippen molar-refractivity contribution < 1.29 is 17.9 Å². The van der Waals surface area contributed by atoms with Gasteiger partial charge in [-0.1, -0.05) is 53.3 Å². The second-order valence-electron chi connectivity index (χ2n) is 7.71. The number of alkyl halides is 3.